The Bertz CT molecular complexity index is 511. The van der Waals surface area contributed by atoms with E-state index in [2.05, 4.69) is 48.9 Å². The third kappa shape index (κ3) is 5.06. The molecule has 0 aliphatic heterocycles. The van der Waals surface area contributed by atoms with Gasteiger partial charge in [0.25, 0.3) is 5.69 Å². The molecule has 0 saturated heterocycles. The van der Waals surface area contributed by atoms with Crippen molar-refractivity contribution in [1.82, 2.24) is 5.32 Å². The summed E-state index contributed by atoms with van der Waals surface area (Å²) in [6.45, 7) is 9.10. The lowest BCUT2D eigenvalue weighted by molar-refractivity contribution is -0.385. The fourth-order valence-electron chi connectivity index (χ4n) is 1.74. The monoisotopic (exact) mass is 340 g/mol. The predicted molar refractivity (Wildman–Crippen MR) is 86.8 cm³/mol. The van der Waals surface area contributed by atoms with E-state index < -0.39 is 0 Å². The number of hydrogen-bond donors (Lipinski definition) is 1. The van der Waals surface area contributed by atoms with Gasteiger partial charge in [-0.3, -0.25) is 10.1 Å². The molecule has 20 heavy (non-hydrogen) atoms. The Kier molecular flexibility index (Phi) is 6.36. The maximum Gasteiger partial charge on any atom is 0.277 e. The standard InChI is InChI=1S/C15H21BrN2O2/c1-10(2)13(9-17-11(3)4)7-12-5-6-14(16)8-15(12)18(19)20/h5-8,10-11,17H,9H2,1-4H3/b13-7-. The van der Waals surface area contributed by atoms with E-state index in [0.29, 0.717) is 22.0 Å². The summed E-state index contributed by atoms with van der Waals surface area (Å²) in [4.78, 5) is 10.8. The van der Waals surface area contributed by atoms with Gasteiger partial charge in [0.2, 0.25) is 0 Å². The second-order valence-corrected chi connectivity index (χ2v) is 6.29. The average Bonchev–Trinajstić information content (AvgIpc) is 2.35. The minimum Gasteiger partial charge on any atom is -0.311 e. The van der Waals surface area contributed by atoms with Gasteiger partial charge in [-0.2, -0.15) is 0 Å². The zero-order valence-corrected chi connectivity index (χ0v) is 13.9. The van der Waals surface area contributed by atoms with Crippen LogP contribution in [0.4, 0.5) is 5.69 Å². The Labute approximate surface area is 128 Å². The SMILES string of the molecule is CC(C)NC/C(=C/c1ccc(Br)cc1[N+](=O)[O-])C(C)C. The summed E-state index contributed by atoms with van der Waals surface area (Å²) in [5.74, 6) is 0.338. The summed E-state index contributed by atoms with van der Waals surface area (Å²) < 4.78 is 0.716. The van der Waals surface area contributed by atoms with Gasteiger partial charge in [-0.1, -0.05) is 49.2 Å². The highest BCUT2D eigenvalue weighted by atomic mass is 79.9. The Balaban J connectivity index is 3.13. The smallest absolute Gasteiger partial charge is 0.277 e. The zero-order valence-electron chi connectivity index (χ0n) is 12.3. The molecule has 0 aromatic heterocycles. The molecule has 110 valence electrons. The molecule has 0 bridgehead atoms. The molecule has 1 N–H and O–H groups in total. The summed E-state index contributed by atoms with van der Waals surface area (Å²) in [5, 5.41) is 14.5. The van der Waals surface area contributed by atoms with Gasteiger partial charge in [-0.05, 0) is 24.1 Å². The van der Waals surface area contributed by atoms with Crippen molar-refractivity contribution in [3.63, 3.8) is 0 Å². The van der Waals surface area contributed by atoms with Gasteiger partial charge in [0.15, 0.2) is 0 Å². The van der Waals surface area contributed by atoms with Crippen molar-refractivity contribution in [2.45, 2.75) is 33.7 Å². The summed E-state index contributed by atoms with van der Waals surface area (Å²) in [7, 11) is 0. The molecule has 0 fully saturated rings. The van der Waals surface area contributed by atoms with Gasteiger partial charge in [0, 0.05) is 23.1 Å². The number of nitro groups is 1. The van der Waals surface area contributed by atoms with Crippen LogP contribution in [0.15, 0.2) is 28.2 Å². The van der Waals surface area contributed by atoms with E-state index in [1.807, 2.05) is 12.1 Å². The first-order valence-corrected chi connectivity index (χ1v) is 7.48. The molecule has 1 rings (SSSR count). The van der Waals surface area contributed by atoms with Crippen LogP contribution in [0.1, 0.15) is 33.3 Å². The number of rotatable bonds is 6. The second-order valence-electron chi connectivity index (χ2n) is 5.37. The molecule has 0 saturated carbocycles. The van der Waals surface area contributed by atoms with Gasteiger partial charge in [0.1, 0.15) is 0 Å². The fraction of sp³-hybridized carbons (Fsp3) is 0.467. The maximum absolute atomic E-state index is 11.1. The Morgan fingerprint density at radius 3 is 2.55 bits per heavy atom. The van der Waals surface area contributed by atoms with Gasteiger partial charge >= 0.3 is 0 Å². The number of nitrogens with one attached hydrogen (secondary N) is 1. The molecular weight excluding hydrogens is 320 g/mol. The van der Waals surface area contributed by atoms with Gasteiger partial charge in [0.05, 0.1) is 10.5 Å². The van der Waals surface area contributed by atoms with E-state index >= 15 is 0 Å². The maximum atomic E-state index is 11.1. The third-order valence-electron chi connectivity index (χ3n) is 2.99. The Morgan fingerprint density at radius 2 is 2.05 bits per heavy atom. The molecule has 0 unspecified atom stereocenters. The summed E-state index contributed by atoms with van der Waals surface area (Å²) in [6, 6.07) is 5.53. The van der Waals surface area contributed by atoms with Crippen molar-refractivity contribution in [3.05, 3.63) is 43.9 Å². The predicted octanol–water partition coefficient (Wildman–Crippen LogP) is 4.39. The second kappa shape index (κ2) is 7.55. The molecule has 0 spiro atoms. The molecule has 0 radical (unpaired) electrons. The molecule has 0 amide bonds. The van der Waals surface area contributed by atoms with Crippen molar-refractivity contribution in [3.8, 4) is 0 Å². The first-order valence-electron chi connectivity index (χ1n) is 6.69. The molecule has 0 aliphatic rings. The molecule has 0 atom stereocenters. The molecule has 5 heteroatoms. The van der Waals surface area contributed by atoms with Crippen molar-refractivity contribution < 1.29 is 4.92 Å². The van der Waals surface area contributed by atoms with Crippen LogP contribution < -0.4 is 5.32 Å². The lowest BCUT2D eigenvalue weighted by atomic mass is 9.99. The van der Waals surface area contributed by atoms with Crippen LogP contribution in [-0.2, 0) is 0 Å². The van der Waals surface area contributed by atoms with Crippen LogP contribution in [0.3, 0.4) is 0 Å². The number of nitrogens with zero attached hydrogens (tertiary/aromatic N) is 1. The number of benzene rings is 1. The average molecular weight is 341 g/mol. The van der Waals surface area contributed by atoms with Crippen molar-refractivity contribution >= 4 is 27.7 Å². The van der Waals surface area contributed by atoms with Gasteiger partial charge < -0.3 is 5.32 Å². The topological polar surface area (TPSA) is 55.2 Å². The summed E-state index contributed by atoms with van der Waals surface area (Å²) in [6.07, 6.45) is 1.92. The number of nitro benzene ring substituents is 1. The van der Waals surface area contributed by atoms with Crippen LogP contribution in [0.25, 0.3) is 6.08 Å². The number of halogens is 1. The first-order chi connectivity index (χ1) is 9.31. The summed E-state index contributed by atoms with van der Waals surface area (Å²) >= 11 is 3.27. The van der Waals surface area contributed by atoms with Crippen LogP contribution in [-0.4, -0.2) is 17.5 Å². The largest absolute Gasteiger partial charge is 0.311 e. The van der Waals surface area contributed by atoms with Gasteiger partial charge in [-0.15, -0.1) is 0 Å². The third-order valence-corrected chi connectivity index (χ3v) is 3.48. The van der Waals surface area contributed by atoms with E-state index in [4.69, 9.17) is 0 Å². The fourth-order valence-corrected chi connectivity index (χ4v) is 2.09. The van der Waals surface area contributed by atoms with Crippen molar-refractivity contribution in [2.75, 3.05) is 6.54 Å². The Hall–Kier alpha value is -1.20. The first kappa shape index (κ1) is 16.9. The van der Waals surface area contributed by atoms with Crippen LogP contribution in [0, 0.1) is 16.0 Å². The van der Waals surface area contributed by atoms with E-state index in [-0.39, 0.29) is 10.6 Å². The highest BCUT2D eigenvalue weighted by molar-refractivity contribution is 9.10. The number of hydrogen-bond acceptors (Lipinski definition) is 3. The van der Waals surface area contributed by atoms with Crippen LogP contribution in [0.2, 0.25) is 0 Å². The molecule has 0 aliphatic carbocycles. The summed E-state index contributed by atoms with van der Waals surface area (Å²) in [5.41, 5.74) is 1.93. The van der Waals surface area contributed by atoms with Crippen molar-refractivity contribution in [1.29, 1.82) is 0 Å². The highest BCUT2D eigenvalue weighted by Gasteiger charge is 2.14. The normalized spacial score (nSPS) is 12.2. The minimum absolute atomic E-state index is 0.127. The Morgan fingerprint density at radius 1 is 1.40 bits per heavy atom. The quantitative estimate of drug-likeness (QED) is 0.616. The van der Waals surface area contributed by atoms with Gasteiger partial charge in [-0.25, -0.2) is 0 Å². The molecular formula is C15H21BrN2O2. The molecule has 1 aromatic carbocycles. The molecule has 0 heterocycles. The van der Waals surface area contributed by atoms with E-state index in [9.17, 15) is 10.1 Å². The lowest BCUT2D eigenvalue weighted by Gasteiger charge is -2.15. The highest BCUT2D eigenvalue weighted by Crippen LogP contribution is 2.26. The lowest BCUT2D eigenvalue weighted by Crippen LogP contribution is -2.26. The van der Waals surface area contributed by atoms with E-state index in [0.717, 1.165) is 12.1 Å². The van der Waals surface area contributed by atoms with Crippen molar-refractivity contribution in [2.24, 2.45) is 5.92 Å². The van der Waals surface area contributed by atoms with Crippen LogP contribution >= 0.6 is 15.9 Å². The zero-order chi connectivity index (χ0) is 15.3. The molecule has 1 aromatic rings. The van der Waals surface area contributed by atoms with E-state index in [1.165, 1.54) is 0 Å². The molecule has 4 nitrogen and oxygen atoms in total. The minimum atomic E-state index is -0.343. The van der Waals surface area contributed by atoms with E-state index in [1.54, 1.807) is 12.1 Å². The van der Waals surface area contributed by atoms with Crippen LogP contribution in [0.5, 0.6) is 0 Å².